The first-order valence-corrected chi connectivity index (χ1v) is 7.60. The van der Waals surface area contributed by atoms with Crippen LogP contribution >= 0.6 is 0 Å². The van der Waals surface area contributed by atoms with E-state index in [1.807, 2.05) is 0 Å². The van der Waals surface area contributed by atoms with Crippen LogP contribution < -0.4 is 15.4 Å². The van der Waals surface area contributed by atoms with E-state index in [-0.39, 0.29) is 17.0 Å². The van der Waals surface area contributed by atoms with Crippen LogP contribution in [0.2, 0.25) is 0 Å². The van der Waals surface area contributed by atoms with Crippen LogP contribution in [0.1, 0.15) is 27.6 Å². The number of methoxy groups -OCH3 is 1. The Morgan fingerprint density at radius 1 is 1.12 bits per heavy atom. The molecular formula is C18H16N2O5. The number of benzene rings is 2. The molecule has 25 heavy (non-hydrogen) atoms. The van der Waals surface area contributed by atoms with Crippen molar-refractivity contribution in [1.82, 2.24) is 0 Å². The van der Waals surface area contributed by atoms with E-state index < -0.39 is 18.0 Å². The number of anilines is 2. The fourth-order valence-electron chi connectivity index (χ4n) is 2.48. The van der Waals surface area contributed by atoms with Crippen molar-refractivity contribution in [3.8, 4) is 5.75 Å². The molecule has 0 saturated heterocycles. The molecule has 1 unspecified atom stereocenters. The Balaban J connectivity index is 1.93. The van der Waals surface area contributed by atoms with Gasteiger partial charge in [-0.15, -0.1) is 0 Å². The summed E-state index contributed by atoms with van der Waals surface area (Å²) in [5, 5.41) is 5.38. The van der Waals surface area contributed by atoms with Gasteiger partial charge in [-0.05, 0) is 31.2 Å². The molecule has 1 atom stereocenters. The third kappa shape index (κ3) is 3.16. The highest BCUT2D eigenvalue weighted by atomic mass is 16.5. The van der Waals surface area contributed by atoms with Crippen LogP contribution in [-0.4, -0.2) is 31.0 Å². The van der Waals surface area contributed by atoms with Gasteiger partial charge in [0.05, 0.1) is 29.6 Å². The monoisotopic (exact) mass is 340 g/mol. The van der Waals surface area contributed by atoms with E-state index in [2.05, 4.69) is 10.6 Å². The van der Waals surface area contributed by atoms with Gasteiger partial charge in [0.25, 0.3) is 11.8 Å². The number of hydrogen-bond donors (Lipinski definition) is 2. The Morgan fingerprint density at radius 2 is 1.84 bits per heavy atom. The Morgan fingerprint density at radius 3 is 2.60 bits per heavy atom. The maximum absolute atomic E-state index is 12.7. The lowest BCUT2D eigenvalue weighted by Crippen LogP contribution is -2.35. The number of esters is 1. The van der Waals surface area contributed by atoms with Crippen LogP contribution in [0.4, 0.5) is 11.4 Å². The number of ether oxygens (including phenoxy) is 2. The van der Waals surface area contributed by atoms with E-state index in [9.17, 15) is 14.4 Å². The van der Waals surface area contributed by atoms with Crippen LogP contribution in [0.25, 0.3) is 0 Å². The zero-order valence-corrected chi connectivity index (χ0v) is 13.7. The van der Waals surface area contributed by atoms with Gasteiger partial charge in [-0.1, -0.05) is 18.2 Å². The van der Waals surface area contributed by atoms with Crippen molar-refractivity contribution in [3.05, 3.63) is 53.6 Å². The Labute approximate surface area is 143 Å². The Bertz CT molecular complexity index is 862. The predicted molar refractivity (Wildman–Crippen MR) is 90.9 cm³/mol. The lowest BCUT2D eigenvalue weighted by molar-refractivity contribution is -0.122. The van der Waals surface area contributed by atoms with Gasteiger partial charge in [0, 0.05) is 0 Å². The third-order valence-corrected chi connectivity index (χ3v) is 3.76. The lowest BCUT2D eigenvalue weighted by Gasteiger charge is -2.25. The van der Waals surface area contributed by atoms with Crippen LogP contribution in [0.5, 0.6) is 5.75 Å². The fourth-order valence-corrected chi connectivity index (χ4v) is 2.48. The smallest absolute Gasteiger partial charge is 0.339 e. The second-order valence-electron chi connectivity index (χ2n) is 5.42. The quantitative estimate of drug-likeness (QED) is 0.837. The molecule has 3 rings (SSSR count). The SMILES string of the molecule is COC(=O)c1ccccc1NC(=O)c1cccc2c1OC(C)C(=O)N2. The Kier molecular flexibility index (Phi) is 4.38. The first kappa shape index (κ1) is 16.5. The second kappa shape index (κ2) is 6.64. The van der Waals surface area contributed by atoms with Gasteiger partial charge in [-0.3, -0.25) is 9.59 Å². The van der Waals surface area contributed by atoms with Crippen LogP contribution in [0.3, 0.4) is 0 Å². The highest BCUT2D eigenvalue weighted by Gasteiger charge is 2.28. The van der Waals surface area contributed by atoms with Gasteiger partial charge >= 0.3 is 5.97 Å². The molecule has 2 amide bonds. The van der Waals surface area contributed by atoms with Gasteiger partial charge in [0.15, 0.2) is 11.9 Å². The molecule has 0 bridgehead atoms. The number of carbonyl (C=O) groups is 3. The molecule has 0 aromatic heterocycles. The summed E-state index contributed by atoms with van der Waals surface area (Å²) in [4.78, 5) is 36.2. The minimum atomic E-state index is -0.705. The summed E-state index contributed by atoms with van der Waals surface area (Å²) in [7, 11) is 1.27. The molecule has 0 spiro atoms. The van der Waals surface area contributed by atoms with Crippen molar-refractivity contribution >= 4 is 29.2 Å². The Hall–Kier alpha value is -3.35. The standard InChI is InChI=1S/C18H16N2O5/c1-10-16(21)20-14-9-5-7-12(15(14)25-10)17(22)19-13-8-4-3-6-11(13)18(23)24-2/h3-10H,1-2H3,(H,19,22)(H,20,21). The molecule has 0 fully saturated rings. The summed E-state index contributed by atoms with van der Waals surface area (Å²) in [6.07, 6.45) is -0.705. The van der Waals surface area contributed by atoms with E-state index in [0.29, 0.717) is 17.1 Å². The third-order valence-electron chi connectivity index (χ3n) is 3.76. The van der Waals surface area contributed by atoms with Crippen molar-refractivity contribution in [2.24, 2.45) is 0 Å². The second-order valence-corrected chi connectivity index (χ2v) is 5.42. The molecule has 2 aromatic rings. The van der Waals surface area contributed by atoms with Crippen molar-refractivity contribution in [1.29, 1.82) is 0 Å². The minimum absolute atomic E-state index is 0.241. The van der Waals surface area contributed by atoms with E-state index in [1.165, 1.54) is 7.11 Å². The summed E-state index contributed by atoms with van der Waals surface area (Å²) in [6.45, 7) is 1.60. The molecule has 1 heterocycles. The van der Waals surface area contributed by atoms with Crippen molar-refractivity contribution < 1.29 is 23.9 Å². The zero-order chi connectivity index (χ0) is 18.0. The molecule has 2 aromatic carbocycles. The van der Waals surface area contributed by atoms with Crippen molar-refractivity contribution in [2.45, 2.75) is 13.0 Å². The van der Waals surface area contributed by atoms with Gasteiger partial charge in [-0.2, -0.15) is 0 Å². The number of para-hydroxylation sites is 2. The van der Waals surface area contributed by atoms with Crippen molar-refractivity contribution in [2.75, 3.05) is 17.7 Å². The largest absolute Gasteiger partial charge is 0.478 e. The number of carbonyl (C=O) groups excluding carboxylic acids is 3. The summed E-state index contributed by atoms with van der Waals surface area (Å²) in [5.74, 6) is -0.997. The number of hydrogen-bond acceptors (Lipinski definition) is 5. The van der Waals surface area contributed by atoms with Gasteiger partial charge in [0.2, 0.25) is 0 Å². The molecule has 2 N–H and O–H groups in total. The molecule has 7 heteroatoms. The number of fused-ring (bicyclic) bond motifs is 1. The minimum Gasteiger partial charge on any atom is -0.478 e. The number of rotatable bonds is 3. The zero-order valence-electron chi connectivity index (χ0n) is 13.7. The van der Waals surface area contributed by atoms with Crippen LogP contribution in [-0.2, 0) is 9.53 Å². The predicted octanol–water partition coefficient (Wildman–Crippen LogP) is 2.44. The lowest BCUT2D eigenvalue weighted by atomic mass is 10.1. The van der Waals surface area contributed by atoms with Crippen molar-refractivity contribution in [3.63, 3.8) is 0 Å². The molecule has 0 aliphatic carbocycles. The van der Waals surface area contributed by atoms with Crippen LogP contribution in [0, 0.1) is 0 Å². The van der Waals surface area contributed by atoms with E-state index >= 15 is 0 Å². The molecule has 0 radical (unpaired) electrons. The van der Waals surface area contributed by atoms with Gasteiger partial charge < -0.3 is 20.1 Å². The average molecular weight is 340 g/mol. The summed E-state index contributed by atoms with van der Waals surface area (Å²) in [5.41, 5.74) is 1.25. The molecule has 1 aliphatic heterocycles. The molecule has 128 valence electrons. The molecule has 0 saturated carbocycles. The molecular weight excluding hydrogens is 324 g/mol. The van der Waals surface area contributed by atoms with Gasteiger partial charge in [0.1, 0.15) is 0 Å². The number of amides is 2. The number of nitrogens with one attached hydrogen (secondary N) is 2. The normalized spacial score (nSPS) is 15.4. The average Bonchev–Trinajstić information content (AvgIpc) is 2.62. The van der Waals surface area contributed by atoms with E-state index in [0.717, 1.165) is 0 Å². The van der Waals surface area contributed by atoms with Gasteiger partial charge in [-0.25, -0.2) is 4.79 Å². The topological polar surface area (TPSA) is 93.7 Å². The maximum Gasteiger partial charge on any atom is 0.339 e. The first-order chi connectivity index (χ1) is 12.0. The summed E-state index contributed by atoms with van der Waals surface area (Å²) < 4.78 is 10.3. The fraction of sp³-hybridized carbons (Fsp3) is 0.167. The molecule has 7 nitrogen and oxygen atoms in total. The first-order valence-electron chi connectivity index (χ1n) is 7.60. The maximum atomic E-state index is 12.7. The van der Waals surface area contributed by atoms with E-state index in [4.69, 9.17) is 9.47 Å². The summed E-state index contributed by atoms with van der Waals surface area (Å²) in [6, 6.07) is 11.4. The molecule has 1 aliphatic rings. The van der Waals surface area contributed by atoms with E-state index in [1.54, 1.807) is 49.4 Å². The van der Waals surface area contributed by atoms with Crippen LogP contribution in [0.15, 0.2) is 42.5 Å². The highest BCUT2D eigenvalue weighted by Crippen LogP contribution is 2.34. The summed E-state index contributed by atoms with van der Waals surface area (Å²) >= 11 is 0. The highest BCUT2D eigenvalue weighted by molar-refractivity contribution is 6.11.